The summed E-state index contributed by atoms with van der Waals surface area (Å²) >= 11 is 1.51. The van der Waals surface area contributed by atoms with Crippen molar-refractivity contribution in [3.8, 4) is 0 Å². The molecular formula is C20H21N3O2S. The van der Waals surface area contributed by atoms with E-state index < -0.39 is 0 Å². The van der Waals surface area contributed by atoms with Gasteiger partial charge in [-0.15, -0.1) is 0 Å². The first-order chi connectivity index (χ1) is 12.6. The molecule has 1 aliphatic carbocycles. The largest absolute Gasteiger partial charge is 0.445 e. The quantitative estimate of drug-likeness (QED) is 0.755. The molecule has 1 heterocycles. The van der Waals surface area contributed by atoms with E-state index in [9.17, 15) is 4.79 Å². The van der Waals surface area contributed by atoms with Gasteiger partial charge in [0.2, 0.25) is 0 Å². The molecule has 2 aromatic carbocycles. The van der Waals surface area contributed by atoms with Gasteiger partial charge in [0.05, 0.1) is 10.2 Å². The van der Waals surface area contributed by atoms with Gasteiger partial charge >= 0.3 is 6.09 Å². The summed E-state index contributed by atoms with van der Waals surface area (Å²) in [7, 11) is 0. The van der Waals surface area contributed by atoms with Gasteiger partial charge in [0.15, 0.2) is 5.13 Å². The number of benzene rings is 2. The molecule has 2 N–H and O–H groups in total. The molecule has 1 aromatic heterocycles. The van der Waals surface area contributed by atoms with Crippen molar-refractivity contribution in [3.63, 3.8) is 0 Å². The van der Waals surface area contributed by atoms with Crippen molar-refractivity contribution in [3.05, 3.63) is 59.2 Å². The lowest BCUT2D eigenvalue weighted by molar-refractivity contribution is 0.0840. The van der Waals surface area contributed by atoms with E-state index in [1.165, 1.54) is 22.5 Å². The number of hydrogen-bond donors (Lipinski definition) is 1. The Kier molecular flexibility index (Phi) is 4.51. The van der Waals surface area contributed by atoms with E-state index >= 15 is 0 Å². The molecule has 5 nitrogen and oxygen atoms in total. The number of hydrogen-bond acceptors (Lipinski definition) is 5. The minimum absolute atomic E-state index is 0.132. The molecule has 1 amide bonds. The molecule has 0 saturated carbocycles. The predicted molar refractivity (Wildman–Crippen MR) is 104 cm³/mol. The van der Waals surface area contributed by atoms with Crippen LogP contribution in [0.5, 0.6) is 0 Å². The van der Waals surface area contributed by atoms with Crippen LogP contribution in [0.15, 0.2) is 42.5 Å². The van der Waals surface area contributed by atoms with Crippen molar-refractivity contribution in [2.45, 2.75) is 32.4 Å². The Bertz CT molecular complexity index is 896. The van der Waals surface area contributed by atoms with Gasteiger partial charge < -0.3 is 15.4 Å². The smallest absolute Gasteiger partial charge is 0.410 e. The molecule has 0 spiro atoms. The zero-order valence-electron chi connectivity index (χ0n) is 14.6. The Hall–Kier alpha value is -2.60. The fourth-order valence-corrected chi connectivity index (χ4v) is 4.38. The van der Waals surface area contributed by atoms with Crippen molar-refractivity contribution >= 4 is 32.8 Å². The van der Waals surface area contributed by atoms with Gasteiger partial charge in [-0.1, -0.05) is 41.7 Å². The number of carbonyl (C=O) groups is 1. The summed E-state index contributed by atoms with van der Waals surface area (Å²) in [6.45, 7) is 2.92. The first-order valence-corrected chi connectivity index (χ1v) is 9.61. The minimum Gasteiger partial charge on any atom is -0.445 e. The van der Waals surface area contributed by atoms with Crippen LogP contribution in [0.25, 0.3) is 10.2 Å². The number of aromatic nitrogens is 1. The SMILES string of the molecule is CCN(C(=O)OCc1ccccc1)[C@@H]1Cc2cc3n[14c](N)sc3cc2C1. The summed E-state index contributed by atoms with van der Waals surface area (Å²) in [5, 5.41) is 0.597. The van der Waals surface area contributed by atoms with E-state index in [4.69, 9.17) is 10.5 Å². The van der Waals surface area contributed by atoms with Crippen LogP contribution in [0.3, 0.4) is 0 Å². The summed E-state index contributed by atoms with van der Waals surface area (Å²) in [5.41, 5.74) is 10.3. The first kappa shape index (κ1) is 16.8. The lowest BCUT2D eigenvalue weighted by Crippen LogP contribution is -2.41. The Balaban J connectivity index is 1.46. The molecule has 26 heavy (non-hydrogen) atoms. The summed E-state index contributed by atoms with van der Waals surface area (Å²) < 4.78 is 6.64. The highest BCUT2D eigenvalue weighted by molar-refractivity contribution is 7.22. The third kappa shape index (κ3) is 3.24. The maximum Gasteiger partial charge on any atom is 0.410 e. The number of ether oxygens (including phenoxy) is 1. The van der Waals surface area contributed by atoms with Gasteiger partial charge in [0, 0.05) is 12.6 Å². The summed E-state index contributed by atoms with van der Waals surface area (Å²) in [6, 6.07) is 14.2. The lowest BCUT2D eigenvalue weighted by Gasteiger charge is -2.26. The molecule has 1 aliphatic rings. The van der Waals surface area contributed by atoms with Crippen molar-refractivity contribution in [1.29, 1.82) is 0 Å². The zero-order chi connectivity index (χ0) is 18.1. The third-order valence-corrected chi connectivity index (χ3v) is 5.71. The van der Waals surface area contributed by atoms with Crippen LogP contribution < -0.4 is 5.73 Å². The van der Waals surface area contributed by atoms with E-state index in [-0.39, 0.29) is 12.1 Å². The number of carbonyl (C=O) groups excluding carboxylic acids is 1. The van der Waals surface area contributed by atoms with Crippen LogP contribution in [0, 0.1) is 0 Å². The van der Waals surface area contributed by atoms with Crippen LogP contribution in [0.2, 0.25) is 0 Å². The molecule has 0 aliphatic heterocycles. The van der Waals surface area contributed by atoms with Crippen LogP contribution in [0.4, 0.5) is 9.93 Å². The van der Waals surface area contributed by atoms with Crippen molar-refractivity contribution in [2.24, 2.45) is 0 Å². The maximum atomic E-state index is 12.6. The number of fused-ring (bicyclic) bond motifs is 2. The van der Waals surface area contributed by atoms with Gasteiger partial charge in [-0.05, 0) is 48.6 Å². The molecule has 0 radical (unpaired) electrons. The van der Waals surface area contributed by atoms with E-state index in [0.29, 0.717) is 18.3 Å². The van der Waals surface area contributed by atoms with E-state index in [1.807, 2.05) is 42.2 Å². The molecule has 0 bridgehead atoms. The Morgan fingerprint density at radius 3 is 2.77 bits per heavy atom. The molecular weight excluding hydrogens is 348 g/mol. The number of thiazole rings is 1. The number of nitrogen functional groups attached to an aromatic ring is 1. The third-order valence-electron chi connectivity index (χ3n) is 4.86. The fourth-order valence-electron chi connectivity index (χ4n) is 3.60. The highest BCUT2D eigenvalue weighted by Crippen LogP contribution is 2.33. The van der Waals surface area contributed by atoms with Crippen LogP contribution in [-0.4, -0.2) is 28.6 Å². The normalized spacial score (nSPS) is 15.8. The molecule has 0 fully saturated rings. The second-order valence-corrected chi connectivity index (χ2v) is 7.59. The Labute approximate surface area is 156 Å². The van der Waals surface area contributed by atoms with Crippen LogP contribution in [0.1, 0.15) is 23.6 Å². The average Bonchev–Trinajstić information content (AvgIpc) is 3.20. The molecule has 1 atom stereocenters. The lowest BCUT2D eigenvalue weighted by atomic mass is 10.1. The fraction of sp³-hybridized carbons (Fsp3) is 0.300. The first-order valence-electron chi connectivity index (χ1n) is 8.79. The highest BCUT2D eigenvalue weighted by atomic mass is 32.1. The van der Waals surface area contributed by atoms with Crippen molar-refractivity contribution in [1.82, 2.24) is 9.88 Å². The standard InChI is InChI=1S/C20H21N3O2S/c1-2-23(20(24)25-12-13-6-4-3-5-7-13)16-8-14-10-17-18(11-15(14)9-16)26-19(21)22-17/h3-7,10-11,16H,2,8-9,12H2,1H3,(H2,21,22)/t16-/m1/s1/i19+2. The molecule has 6 heteroatoms. The summed E-state index contributed by atoms with van der Waals surface area (Å²) in [6.07, 6.45) is 1.42. The number of rotatable bonds is 4. The van der Waals surface area contributed by atoms with Gasteiger partial charge in [0.1, 0.15) is 6.61 Å². The van der Waals surface area contributed by atoms with E-state index in [1.54, 1.807) is 0 Å². The van der Waals surface area contributed by atoms with E-state index in [2.05, 4.69) is 17.1 Å². The molecule has 4 rings (SSSR count). The average molecular weight is 369 g/mol. The predicted octanol–water partition coefficient (Wildman–Crippen LogP) is 4.00. The number of likely N-dealkylation sites (N-methyl/N-ethyl adjacent to an activating group) is 1. The Morgan fingerprint density at radius 2 is 2.04 bits per heavy atom. The number of anilines is 1. The highest BCUT2D eigenvalue weighted by Gasteiger charge is 2.30. The molecule has 134 valence electrons. The second-order valence-electron chi connectivity index (χ2n) is 6.53. The number of nitrogens with zero attached hydrogens (tertiary/aromatic N) is 2. The number of nitrogens with two attached hydrogens (primary N) is 1. The molecule has 0 saturated heterocycles. The molecule has 3 aromatic rings. The second kappa shape index (κ2) is 6.96. The minimum atomic E-state index is -0.252. The van der Waals surface area contributed by atoms with Crippen LogP contribution >= 0.6 is 11.3 Å². The van der Waals surface area contributed by atoms with Gasteiger partial charge in [-0.25, -0.2) is 9.78 Å². The summed E-state index contributed by atoms with van der Waals surface area (Å²) in [4.78, 5) is 18.8. The van der Waals surface area contributed by atoms with Crippen molar-refractivity contribution < 1.29 is 9.53 Å². The zero-order valence-corrected chi connectivity index (χ0v) is 15.5. The Morgan fingerprint density at radius 1 is 1.31 bits per heavy atom. The summed E-state index contributed by atoms with van der Waals surface area (Å²) in [5.74, 6) is 0. The van der Waals surface area contributed by atoms with Crippen molar-refractivity contribution in [2.75, 3.05) is 12.3 Å². The number of amides is 1. The van der Waals surface area contributed by atoms with Crippen LogP contribution in [-0.2, 0) is 24.2 Å². The van der Waals surface area contributed by atoms with Gasteiger partial charge in [-0.3, -0.25) is 0 Å². The van der Waals surface area contributed by atoms with E-state index in [0.717, 1.165) is 28.6 Å². The molecule has 0 unspecified atom stereocenters. The monoisotopic (exact) mass is 369 g/mol. The maximum absolute atomic E-state index is 12.6. The van der Waals surface area contributed by atoms with Gasteiger partial charge in [0.25, 0.3) is 0 Å². The topological polar surface area (TPSA) is 68.5 Å². The van der Waals surface area contributed by atoms with Gasteiger partial charge in [-0.2, -0.15) is 0 Å².